The minimum absolute atomic E-state index is 0.0131. The van der Waals surface area contributed by atoms with Crippen LogP contribution in [0.3, 0.4) is 0 Å². The number of carbonyl (C=O) groups is 2. The molecule has 1 N–H and O–H groups in total. The quantitative estimate of drug-likeness (QED) is 0.756. The van der Waals surface area contributed by atoms with Crippen molar-refractivity contribution in [2.24, 2.45) is 0 Å². The molecule has 1 saturated heterocycles. The van der Waals surface area contributed by atoms with Crippen molar-refractivity contribution in [1.82, 2.24) is 14.2 Å². The van der Waals surface area contributed by atoms with Gasteiger partial charge >= 0.3 is 0 Å². The molecular formula is C17H17Cl2N3O4S. The summed E-state index contributed by atoms with van der Waals surface area (Å²) in [7, 11) is -3.81. The summed E-state index contributed by atoms with van der Waals surface area (Å²) in [6.07, 6.45) is 1.48. The average molecular weight is 430 g/mol. The molecule has 0 atom stereocenters. The lowest BCUT2D eigenvalue weighted by molar-refractivity contribution is 0.0692. The molecule has 144 valence electrons. The standard InChI is InChI=1S/C17H17Cl2N3O4S/c1-11(23)12-9-14(20-10-12)17(24)21-5-7-22(8-6-21)27(25,26)15-4-2-3-13(18)16(15)19/h2-4,9-10,20H,5-8H2,1H3. The van der Waals surface area contributed by atoms with Crippen molar-refractivity contribution in [1.29, 1.82) is 0 Å². The second-order valence-corrected chi connectivity index (χ2v) is 8.80. The number of H-pyrrole nitrogens is 1. The smallest absolute Gasteiger partial charge is 0.270 e. The van der Waals surface area contributed by atoms with Crippen molar-refractivity contribution in [3.8, 4) is 0 Å². The number of nitrogens with zero attached hydrogens (tertiary/aromatic N) is 2. The van der Waals surface area contributed by atoms with Crippen LogP contribution in [0.5, 0.6) is 0 Å². The van der Waals surface area contributed by atoms with Gasteiger partial charge in [-0.3, -0.25) is 9.59 Å². The van der Waals surface area contributed by atoms with E-state index in [0.717, 1.165) is 0 Å². The van der Waals surface area contributed by atoms with Gasteiger partial charge in [-0.25, -0.2) is 8.42 Å². The number of hydrogen-bond acceptors (Lipinski definition) is 4. The molecule has 2 aromatic rings. The number of rotatable bonds is 4. The van der Waals surface area contributed by atoms with E-state index in [0.29, 0.717) is 11.3 Å². The van der Waals surface area contributed by atoms with Crippen molar-refractivity contribution in [3.05, 3.63) is 51.8 Å². The fourth-order valence-corrected chi connectivity index (χ4v) is 5.00. The normalized spacial score (nSPS) is 15.7. The Labute approximate surface area is 166 Å². The van der Waals surface area contributed by atoms with Gasteiger partial charge in [0.05, 0.1) is 10.0 Å². The summed E-state index contributed by atoms with van der Waals surface area (Å²) in [6.45, 7) is 2.14. The highest BCUT2D eigenvalue weighted by atomic mass is 35.5. The van der Waals surface area contributed by atoms with Gasteiger partial charge < -0.3 is 9.88 Å². The van der Waals surface area contributed by atoms with Gasteiger partial charge in [0, 0.05) is 37.9 Å². The Morgan fingerprint density at radius 3 is 2.37 bits per heavy atom. The maximum Gasteiger partial charge on any atom is 0.270 e. The van der Waals surface area contributed by atoms with Crippen LogP contribution in [0.25, 0.3) is 0 Å². The monoisotopic (exact) mass is 429 g/mol. The van der Waals surface area contributed by atoms with Crippen molar-refractivity contribution < 1.29 is 18.0 Å². The Kier molecular flexibility index (Phi) is 5.62. The van der Waals surface area contributed by atoms with E-state index in [2.05, 4.69) is 4.98 Å². The van der Waals surface area contributed by atoms with E-state index in [1.165, 1.54) is 41.7 Å². The lowest BCUT2D eigenvalue weighted by atomic mass is 10.2. The summed E-state index contributed by atoms with van der Waals surface area (Å²) < 4.78 is 26.9. The first kappa shape index (κ1) is 19.9. The molecule has 3 rings (SSSR count). The fraction of sp³-hybridized carbons (Fsp3) is 0.294. The predicted octanol–water partition coefficient (Wildman–Crippen LogP) is 2.67. The van der Waals surface area contributed by atoms with Gasteiger partial charge in [-0.15, -0.1) is 0 Å². The molecule has 1 aliphatic heterocycles. The van der Waals surface area contributed by atoms with E-state index in [1.54, 1.807) is 4.90 Å². The van der Waals surface area contributed by atoms with Crippen molar-refractivity contribution in [3.63, 3.8) is 0 Å². The number of amides is 1. The second kappa shape index (κ2) is 7.63. The first-order chi connectivity index (χ1) is 12.7. The Morgan fingerprint density at radius 1 is 1.11 bits per heavy atom. The number of hydrogen-bond donors (Lipinski definition) is 1. The van der Waals surface area contributed by atoms with Crippen molar-refractivity contribution in [2.75, 3.05) is 26.2 Å². The third-order valence-corrected chi connectivity index (χ3v) is 7.25. The van der Waals surface area contributed by atoms with Gasteiger partial charge in [-0.1, -0.05) is 29.3 Å². The van der Waals surface area contributed by atoms with Crippen LogP contribution in [0, 0.1) is 0 Å². The number of piperazine rings is 1. The highest BCUT2D eigenvalue weighted by Gasteiger charge is 2.32. The van der Waals surface area contributed by atoms with E-state index in [9.17, 15) is 18.0 Å². The summed E-state index contributed by atoms with van der Waals surface area (Å²) in [6, 6.07) is 5.95. The first-order valence-electron chi connectivity index (χ1n) is 8.14. The largest absolute Gasteiger partial charge is 0.356 e. The third-order valence-electron chi connectivity index (χ3n) is 4.38. The maximum absolute atomic E-state index is 12.8. The molecule has 0 aliphatic carbocycles. The minimum atomic E-state index is -3.81. The van der Waals surface area contributed by atoms with Crippen LogP contribution in [0.15, 0.2) is 35.4 Å². The van der Waals surface area contributed by atoms with E-state index < -0.39 is 10.0 Å². The number of benzene rings is 1. The Balaban J connectivity index is 1.72. The van der Waals surface area contributed by atoms with Gasteiger partial charge in [0.2, 0.25) is 10.0 Å². The number of Topliss-reactive ketones (excluding diaryl/α,β-unsaturated/α-hetero) is 1. The number of nitrogens with one attached hydrogen (secondary N) is 1. The zero-order valence-electron chi connectivity index (χ0n) is 14.4. The van der Waals surface area contributed by atoms with Crippen LogP contribution < -0.4 is 0 Å². The molecule has 10 heteroatoms. The predicted molar refractivity (Wildman–Crippen MR) is 102 cm³/mol. The number of carbonyl (C=O) groups excluding carboxylic acids is 2. The first-order valence-corrected chi connectivity index (χ1v) is 10.3. The number of aromatic nitrogens is 1. The lowest BCUT2D eigenvalue weighted by Crippen LogP contribution is -2.50. The molecule has 0 unspecified atom stereocenters. The van der Waals surface area contributed by atoms with Crippen LogP contribution in [0.4, 0.5) is 0 Å². The summed E-state index contributed by atoms with van der Waals surface area (Å²) in [5, 5.41) is 0.153. The van der Waals surface area contributed by atoms with Crippen molar-refractivity contribution >= 4 is 44.9 Å². The summed E-state index contributed by atoms with van der Waals surface area (Å²) in [5.74, 6) is -0.417. The van der Waals surface area contributed by atoms with E-state index in [4.69, 9.17) is 23.2 Å². The minimum Gasteiger partial charge on any atom is -0.356 e. The SMILES string of the molecule is CC(=O)c1c[nH]c(C(=O)N2CCN(S(=O)(=O)c3cccc(Cl)c3Cl)CC2)c1. The van der Waals surface area contributed by atoms with Crippen LogP contribution in [-0.2, 0) is 10.0 Å². The topological polar surface area (TPSA) is 90.6 Å². The Hall–Kier alpha value is -1.87. The van der Waals surface area contributed by atoms with Gasteiger partial charge in [-0.05, 0) is 25.1 Å². The molecule has 1 fully saturated rings. The number of sulfonamides is 1. The zero-order chi connectivity index (χ0) is 19.8. The molecule has 0 saturated carbocycles. The van der Waals surface area contributed by atoms with E-state index in [1.807, 2.05) is 0 Å². The Morgan fingerprint density at radius 2 is 1.78 bits per heavy atom. The van der Waals surface area contributed by atoms with Gasteiger partial charge in [0.1, 0.15) is 10.6 Å². The van der Waals surface area contributed by atoms with Crippen LogP contribution >= 0.6 is 23.2 Å². The molecule has 0 radical (unpaired) electrons. The van der Waals surface area contributed by atoms with Crippen LogP contribution in [0.2, 0.25) is 10.0 Å². The molecule has 27 heavy (non-hydrogen) atoms. The molecule has 7 nitrogen and oxygen atoms in total. The van der Waals surface area contributed by atoms with Gasteiger partial charge in [0.15, 0.2) is 5.78 Å². The highest BCUT2D eigenvalue weighted by Crippen LogP contribution is 2.31. The molecular weight excluding hydrogens is 413 g/mol. The number of ketones is 1. The second-order valence-electron chi connectivity index (χ2n) is 6.11. The molecule has 1 aromatic carbocycles. The van der Waals surface area contributed by atoms with Crippen LogP contribution in [0.1, 0.15) is 27.8 Å². The third kappa shape index (κ3) is 3.89. The lowest BCUT2D eigenvalue weighted by Gasteiger charge is -2.34. The zero-order valence-corrected chi connectivity index (χ0v) is 16.7. The molecule has 0 bridgehead atoms. The van der Waals surface area contributed by atoms with Crippen LogP contribution in [-0.4, -0.2) is 60.5 Å². The van der Waals surface area contributed by atoms with Gasteiger partial charge in [0.25, 0.3) is 5.91 Å². The highest BCUT2D eigenvalue weighted by molar-refractivity contribution is 7.89. The van der Waals surface area contributed by atoms with E-state index >= 15 is 0 Å². The summed E-state index contributed by atoms with van der Waals surface area (Å²) >= 11 is 12.0. The maximum atomic E-state index is 12.8. The number of halogens is 2. The summed E-state index contributed by atoms with van der Waals surface area (Å²) in [5.41, 5.74) is 0.726. The molecule has 1 aromatic heterocycles. The average Bonchev–Trinajstić information content (AvgIpc) is 3.14. The molecule has 1 aliphatic rings. The molecule has 1 amide bonds. The van der Waals surface area contributed by atoms with Crippen molar-refractivity contribution in [2.45, 2.75) is 11.8 Å². The number of aromatic amines is 1. The fourth-order valence-electron chi connectivity index (χ4n) is 2.85. The molecule has 2 heterocycles. The van der Waals surface area contributed by atoms with E-state index in [-0.39, 0.29) is 52.8 Å². The Bertz CT molecular complexity index is 995. The molecule has 0 spiro atoms. The van der Waals surface area contributed by atoms with Gasteiger partial charge in [-0.2, -0.15) is 4.31 Å². The summed E-state index contributed by atoms with van der Waals surface area (Å²) in [4.78, 5) is 28.2.